The molecule has 0 saturated heterocycles. The van der Waals surface area contributed by atoms with Gasteiger partial charge in [-0.15, -0.1) is 0 Å². The zero-order chi connectivity index (χ0) is 35.4. The van der Waals surface area contributed by atoms with E-state index in [1.165, 1.54) is 0 Å². The summed E-state index contributed by atoms with van der Waals surface area (Å²) in [4.78, 5) is 27.0. The van der Waals surface area contributed by atoms with E-state index >= 15 is 0 Å². The monoisotopic (exact) mass is 652 g/mol. The van der Waals surface area contributed by atoms with Crippen molar-refractivity contribution in [1.82, 2.24) is 0 Å². The summed E-state index contributed by atoms with van der Waals surface area (Å²) in [5.41, 5.74) is 3.46. The van der Waals surface area contributed by atoms with Crippen molar-refractivity contribution in [1.29, 1.82) is 0 Å². The van der Waals surface area contributed by atoms with Gasteiger partial charge in [0.2, 0.25) is 0 Å². The van der Waals surface area contributed by atoms with Crippen molar-refractivity contribution in [3.05, 3.63) is 57.6 Å². The van der Waals surface area contributed by atoms with Crippen molar-refractivity contribution in [2.75, 3.05) is 0 Å². The highest BCUT2D eigenvalue weighted by Gasteiger charge is 2.37. The van der Waals surface area contributed by atoms with E-state index < -0.39 is 23.0 Å². The van der Waals surface area contributed by atoms with Gasteiger partial charge < -0.3 is 19.7 Å². The van der Waals surface area contributed by atoms with Crippen molar-refractivity contribution < 1.29 is 29.3 Å². The third kappa shape index (κ3) is 12.2. The number of rotatable bonds is 20. The molecule has 0 aliphatic rings. The van der Waals surface area contributed by atoms with E-state index in [-0.39, 0.29) is 11.9 Å². The summed E-state index contributed by atoms with van der Waals surface area (Å²) in [6.45, 7) is 19.6. The van der Waals surface area contributed by atoms with Crippen LogP contribution in [0.4, 0.5) is 0 Å². The number of unbranched alkanes of at least 4 members (excludes halogenated alkanes) is 4. The highest BCUT2D eigenvalue weighted by Crippen LogP contribution is 2.35. The van der Waals surface area contributed by atoms with Crippen LogP contribution in [0.2, 0.25) is 0 Å². The van der Waals surface area contributed by atoms with Crippen molar-refractivity contribution in [3.63, 3.8) is 0 Å². The highest BCUT2D eigenvalue weighted by atomic mass is 16.6. The molecule has 0 saturated carbocycles. The SMILES string of the molecule is CCCCc1cc(C(C)C(=O)OC(C)(C)CC(C)(C)OC(=O)C(C)c2cc(CCCC)c(O)c(CCCC)c2)cc(CCCC)c1O. The summed E-state index contributed by atoms with van der Waals surface area (Å²) in [6, 6.07) is 7.82. The van der Waals surface area contributed by atoms with E-state index in [2.05, 4.69) is 27.7 Å². The molecule has 2 atom stereocenters. The fourth-order valence-electron chi connectivity index (χ4n) is 6.40. The molecule has 47 heavy (non-hydrogen) atoms. The minimum Gasteiger partial charge on any atom is -0.507 e. The van der Waals surface area contributed by atoms with E-state index in [1.807, 2.05) is 65.8 Å². The number of benzene rings is 2. The lowest BCUT2D eigenvalue weighted by atomic mass is 9.89. The third-order valence-corrected chi connectivity index (χ3v) is 9.09. The Kier molecular flexibility index (Phi) is 15.8. The standard InChI is InChI=1S/C41H64O6/c1-11-15-19-30-23-34(24-31(36(30)42)20-16-12-2)28(5)38(44)46-40(7,8)27-41(9,10)47-39(45)29(6)35-25-32(21-17-13-3)37(43)33(26-35)22-18-14-4/h23-26,28-29,42-43H,11-22,27H2,1-10H3. The topological polar surface area (TPSA) is 93.1 Å². The minimum absolute atomic E-state index is 0.315. The molecule has 6 heteroatoms. The second-order valence-electron chi connectivity index (χ2n) is 14.8. The molecule has 0 bridgehead atoms. The maximum absolute atomic E-state index is 13.5. The van der Waals surface area contributed by atoms with Crippen molar-refractivity contribution in [2.45, 2.75) is 176 Å². The van der Waals surface area contributed by atoms with Gasteiger partial charge in [0, 0.05) is 6.42 Å². The highest BCUT2D eigenvalue weighted by molar-refractivity contribution is 5.79. The summed E-state index contributed by atoms with van der Waals surface area (Å²) in [5, 5.41) is 21.8. The number of aryl methyl sites for hydroxylation is 4. The molecule has 0 amide bonds. The molecule has 264 valence electrons. The first kappa shape index (κ1) is 40.2. The molecule has 0 aliphatic heterocycles. The molecule has 2 aromatic rings. The van der Waals surface area contributed by atoms with Crippen LogP contribution in [0, 0.1) is 0 Å². The summed E-state index contributed by atoms with van der Waals surface area (Å²) in [5.74, 6) is -1.00. The predicted molar refractivity (Wildman–Crippen MR) is 192 cm³/mol. The van der Waals surface area contributed by atoms with E-state index in [4.69, 9.17) is 9.47 Å². The van der Waals surface area contributed by atoms with Crippen LogP contribution in [0.5, 0.6) is 11.5 Å². The number of carbonyl (C=O) groups is 2. The van der Waals surface area contributed by atoms with Gasteiger partial charge in [0.05, 0.1) is 11.8 Å². The lowest BCUT2D eigenvalue weighted by Crippen LogP contribution is -2.41. The predicted octanol–water partition coefficient (Wildman–Crippen LogP) is 10.4. The summed E-state index contributed by atoms with van der Waals surface area (Å²) in [6.07, 6.45) is 11.3. The average Bonchev–Trinajstić information content (AvgIpc) is 3.00. The van der Waals surface area contributed by atoms with Crippen LogP contribution in [-0.2, 0) is 44.7 Å². The minimum atomic E-state index is -0.898. The second-order valence-corrected chi connectivity index (χ2v) is 14.8. The van der Waals surface area contributed by atoms with Crippen molar-refractivity contribution >= 4 is 11.9 Å². The molecule has 2 unspecified atom stereocenters. The molecular formula is C41H64O6. The summed E-state index contributed by atoms with van der Waals surface area (Å²) in [7, 11) is 0. The Morgan fingerprint density at radius 1 is 0.574 bits per heavy atom. The van der Waals surface area contributed by atoms with Crippen LogP contribution in [0.1, 0.15) is 172 Å². The average molecular weight is 653 g/mol. The molecule has 2 N–H and O–H groups in total. The number of phenols is 2. The van der Waals surface area contributed by atoms with Crippen molar-refractivity contribution in [2.24, 2.45) is 0 Å². The zero-order valence-corrected chi connectivity index (χ0v) is 31.2. The lowest BCUT2D eigenvalue weighted by molar-refractivity contribution is -0.171. The fourth-order valence-corrected chi connectivity index (χ4v) is 6.40. The number of esters is 2. The van der Waals surface area contributed by atoms with Crippen LogP contribution in [0.3, 0.4) is 0 Å². The van der Waals surface area contributed by atoms with Gasteiger partial charge in [0.1, 0.15) is 22.7 Å². The molecule has 0 aliphatic carbocycles. The van der Waals surface area contributed by atoms with Crippen LogP contribution >= 0.6 is 0 Å². The number of hydrogen-bond acceptors (Lipinski definition) is 6. The first-order valence-corrected chi connectivity index (χ1v) is 18.2. The van der Waals surface area contributed by atoms with E-state index in [1.54, 1.807) is 0 Å². The fraction of sp³-hybridized carbons (Fsp3) is 0.659. The van der Waals surface area contributed by atoms with Gasteiger partial charge in [-0.05, 0) is 126 Å². The van der Waals surface area contributed by atoms with Gasteiger partial charge in [0.15, 0.2) is 0 Å². The van der Waals surface area contributed by atoms with Gasteiger partial charge in [-0.1, -0.05) is 77.6 Å². The molecule has 0 spiro atoms. The largest absolute Gasteiger partial charge is 0.507 e. The Balaban J connectivity index is 2.19. The van der Waals surface area contributed by atoms with E-state index in [0.717, 1.165) is 110 Å². The Morgan fingerprint density at radius 3 is 1.06 bits per heavy atom. The molecule has 2 rings (SSSR count). The maximum atomic E-state index is 13.5. The molecule has 6 nitrogen and oxygen atoms in total. The third-order valence-electron chi connectivity index (χ3n) is 9.09. The Labute approximate surface area is 285 Å². The van der Waals surface area contributed by atoms with E-state index in [0.29, 0.717) is 17.9 Å². The first-order chi connectivity index (χ1) is 22.1. The molecule has 0 aromatic heterocycles. The van der Waals surface area contributed by atoms with Gasteiger partial charge in [-0.3, -0.25) is 9.59 Å². The number of aromatic hydroxyl groups is 2. The summed E-state index contributed by atoms with van der Waals surface area (Å²) < 4.78 is 12.2. The van der Waals surface area contributed by atoms with Crippen molar-refractivity contribution in [3.8, 4) is 11.5 Å². The molecular weight excluding hydrogens is 588 g/mol. The quantitative estimate of drug-likeness (QED) is 0.138. The van der Waals surface area contributed by atoms with Crippen LogP contribution < -0.4 is 0 Å². The smallest absolute Gasteiger partial charge is 0.313 e. The van der Waals surface area contributed by atoms with Crippen LogP contribution in [0.15, 0.2) is 24.3 Å². The maximum Gasteiger partial charge on any atom is 0.313 e. The van der Waals surface area contributed by atoms with E-state index in [9.17, 15) is 19.8 Å². The van der Waals surface area contributed by atoms with Crippen LogP contribution in [-0.4, -0.2) is 33.4 Å². The number of phenolic OH excluding ortho intramolecular Hbond substituents is 2. The lowest BCUT2D eigenvalue weighted by Gasteiger charge is -2.35. The molecule has 0 fully saturated rings. The van der Waals surface area contributed by atoms with Gasteiger partial charge in [-0.2, -0.15) is 0 Å². The molecule has 0 heterocycles. The number of carbonyl (C=O) groups excluding carboxylic acids is 2. The van der Waals surface area contributed by atoms with Gasteiger partial charge in [0.25, 0.3) is 0 Å². The summed E-state index contributed by atoms with van der Waals surface area (Å²) >= 11 is 0. The normalized spacial score (nSPS) is 13.3. The molecule has 0 radical (unpaired) electrons. The Hall–Kier alpha value is -3.02. The Morgan fingerprint density at radius 2 is 0.830 bits per heavy atom. The first-order valence-electron chi connectivity index (χ1n) is 18.2. The Bertz CT molecular complexity index is 1150. The zero-order valence-electron chi connectivity index (χ0n) is 31.2. The number of hydrogen-bond donors (Lipinski definition) is 2. The van der Waals surface area contributed by atoms with Crippen LogP contribution in [0.25, 0.3) is 0 Å². The van der Waals surface area contributed by atoms with Gasteiger partial charge in [-0.25, -0.2) is 0 Å². The molecule has 2 aromatic carbocycles. The number of ether oxygens (including phenoxy) is 2. The van der Waals surface area contributed by atoms with Gasteiger partial charge >= 0.3 is 11.9 Å². The second kappa shape index (κ2) is 18.5.